The van der Waals surface area contributed by atoms with Crippen molar-refractivity contribution in [1.29, 1.82) is 0 Å². The molecule has 0 atom stereocenters. The van der Waals surface area contributed by atoms with Crippen LogP contribution in [0.2, 0.25) is 5.15 Å². The number of amides is 1. The zero-order chi connectivity index (χ0) is 15.2. The summed E-state index contributed by atoms with van der Waals surface area (Å²) in [6.45, 7) is 6.89. The summed E-state index contributed by atoms with van der Waals surface area (Å²) in [5, 5.41) is 11.9. The largest absolute Gasteiger partial charge is 0.396 e. The third-order valence-electron chi connectivity index (χ3n) is 2.95. The molecule has 112 valence electrons. The van der Waals surface area contributed by atoms with Gasteiger partial charge in [0, 0.05) is 29.8 Å². The van der Waals surface area contributed by atoms with E-state index in [1.165, 1.54) is 0 Å². The second-order valence-corrected chi connectivity index (χ2v) is 6.24. The lowest BCUT2D eigenvalue weighted by atomic mass is 9.91. The Morgan fingerprint density at radius 1 is 1.30 bits per heavy atom. The normalized spacial score (nSPS) is 11.4. The highest BCUT2D eigenvalue weighted by atomic mass is 35.5. The first-order valence-corrected chi connectivity index (χ1v) is 7.29. The van der Waals surface area contributed by atoms with Gasteiger partial charge in [-0.05, 0) is 31.4 Å². The summed E-state index contributed by atoms with van der Waals surface area (Å²) in [5.41, 5.74) is 1.19. The van der Waals surface area contributed by atoms with Crippen LogP contribution in [0, 0.1) is 0 Å². The Balaban J connectivity index is 2.66. The standard InChI is InChI=1S/C15H23ClN2O2/c1-15(2,3)12-9-11(10-13(16)18-12)14(20)17-7-5-4-6-8-19/h9-10,19H,4-8H2,1-3H3,(H,17,20). The maximum atomic E-state index is 12.1. The molecule has 0 fully saturated rings. The molecule has 0 aromatic carbocycles. The molecule has 1 rings (SSSR count). The number of nitrogens with zero attached hydrogens (tertiary/aromatic N) is 1. The third kappa shape index (κ3) is 5.47. The minimum Gasteiger partial charge on any atom is -0.396 e. The van der Waals surface area contributed by atoms with Crippen LogP contribution in [-0.4, -0.2) is 29.1 Å². The van der Waals surface area contributed by atoms with Crippen LogP contribution in [0.1, 0.15) is 56.1 Å². The van der Waals surface area contributed by atoms with Crippen LogP contribution in [0.15, 0.2) is 12.1 Å². The molecule has 0 saturated heterocycles. The van der Waals surface area contributed by atoms with Gasteiger partial charge < -0.3 is 10.4 Å². The van der Waals surface area contributed by atoms with Crippen LogP contribution in [0.4, 0.5) is 0 Å². The number of hydrogen-bond donors (Lipinski definition) is 2. The topological polar surface area (TPSA) is 62.2 Å². The minimum atomic E-state index is -0.152. The first-order chi connectivity index (χ1) is 9.34. The second kappa shape index (κ2) is 7.60. The number of aliphatic hydroxyl groups excluding tert-OH is 1. The molecule has 1 aromatic heterocycles. The quantitative estimate of drug-likeness (QED) is 0.627. The average molecular weight is 299 g/mol. The second-order valence-electron chi connectivity index (χ2n) is 5.85. The van der Waals surface area contributed by atoms with E-state index < -0.39 is 0 Å². The molecule has 1 aromatic rings. The van der Waals surface area contributed by atoms with Crippen molar-refractivity contribution < 1.29 is 9.90 Å². The highest BCUT2D eigenvalue weighted by molar-refractivity contribution is 6.29. The molecule has 1 heterocycles. The van der Waals surface area contributed by atoms with Gasteiger partial charge in [-0.15, -0.1) is 0 Å². The Labute approximate surface area is 125 Å². The highest BCUT2D eigenvalue weighted by Gasteiger charge is 2.18. The highest BCUT2D eigenvalue weighted by Crippen LogP contribution is 2.23. The lowest BCUT2D eigenvalue weighted by Crippen LogP contribution is -2.25. The molecule has 0 aliphatic rings. The third-order valence-corrected chi connectivity index (χ3v) is 3.14. The fourth-order valence-electron chi connectivity index (χ4n) is 1.73. The Hall–Kier alpha value is -1.13. The molecule has 0 spiro atoms. The van der Waals surface area contributed by atoms with E-state index in [1.807, 2.05) is 20.8 Å². The first-order valence-electron chi connectivity index (χ1n) is 6.91. The molecular formula is C15H23ClN2O2. The van der Waals surface area contributed by atoms with Crippen LogP contribution < -0.4 is 5.32 Å². The first kappa shape index (κ1) is 16.9. The molecule has 0 radical (unpaired) electrons. The maximum Gasteiger partial charge on any atom is 0.251 e. The van der Waals surface area contributed by atoms with Crippen LogP contribution in [0.25, 0.3) is 0 Å². The summed E-state index contributed by atoms with van der Waals surface area (Å²) in [6.07, 6.45) is 2.53. The summed E-state index contributed by atoms with van der Waals surface area (Å²) in [5.74, 6) is -0.135. The number of halogens is 1. The molecule has 4 nitrogen and oxygen atoms in total. The van der Waals surface area contributed by atoms with Crippen molar-refractivity contribution in [2.75, 3.05) is 13.2 Å². The van der Waals surface area contributed by atoms with E-state index in [0.717, 1.165) is 25.0 Å². The predicted octanol–water partition coefficient (Wildman–Crippen LogP) is 2.92. The van der Waals surface area contributed by atoms with Crippen molar-refractivity contribution in [2.24, 2.45) is 0 Å². The van der Waals surface area contributed by atoms with Crippen molar-refractivity contribution in [2.45, 2.75) is 45.4 Å². The number of unbranched alkanes of at least 4 members (excludes halogenated alkanes) is 2. The summed E-state index contributed by atoms with van der Waals surface area (Å²) < 4.78 is 0. The van der Waals surface area contributed by atoms with Gasteiger partial charge in [-0.3, -0.25) is 4.79 Å². The van der Waals surface area contributed by atoms with Gasteiger partial charge in [-0.25, -0.2) is 4.98 Å². The maximum absolute atomic E-state index is 12.1. The van der Waals surface area contributed by atoms with E-state index in [0.29, 0.717) is 17.3 Å². The van der Waals surface area contributed by atoms with Gasteiger partial charge in [0.25, 0.3) is 5.91 Å². The molecule has 5 heteroatoms. The Morgan fingerprint density at radius 2 is 2.00 bits per heavy atom. The number of carbonyl (C=O) groups is 1. The summed E-state index contributed by atoms with van der Waals surface area (Å²) in [6, 6.07) is 3.37. The van der Waals surface area contributed by atoms with Crippen molar-refractivity contribution in [3.8, 4) is 0 Å². The molecule has 2 N–H and O–H groups in total. The molecule has 1 amide bonds. The van der Waals surface area contributed by atoms with Gasteiger partial charge in [0.15, 0.2) is 0 Å². The van der Waals surface area contributed by atoms with E-state index >= 15 is 0 Å². The Bertz CT molecular complexity index is 456. The van der Waals surface area contributed by atoms with Crippen LogP contribution >= 0.6 is 11.6 Å². The summed E-state index contributed by atoms with van der Waals surface area (Å²) in [4.78, 5) is 16.3. The Kier molecular flexibility index (Phi) is 6.43. The zero-order valence-electron chi connectivity index (χ0n) is 12.4. The van der Waals surface area contributed by atoms with E-state index in [1.54, 1.807) is 12.1 Å². The number of carbonyl (C=O) groups excluding carboxylic acids is 1. The molecule has 0 unspecified atom stereocenters. The van der Waals surface area contributed by atoms with E-state index in [2.05, 4.69) is 10.3 Å². The fraction of sp³-hybridized carbons (Fsp3) is 0.600. The SMILES string of the molecule is CC(C)(C)c1cc(C(=O)NCCCCCO)cc(Cl)n1. The van der Waals surface area contributed by atoms with Gasteiger partial charge in [0.2, 0.25) is 0 Å². The predicted molar refractivity (Wildman–Crippen MR) is 81.2 cm³/mol. The van der Waals surface area contributed by atoms with Crippen molar-refractivity contribution in [3.63, 3.8) is 0 Å². The fourth-order valence-corrected chi connectivity index (χ4v) is 1.94. The van der Waals surface area contributed by atoms with Gasteiger partial charge in [-0.1, -0.05) is 32.4 Å². The molecule has 0 aliphatic heterocycles. The van der Waals surface area contributed by atoms with Crippen LogP contribution in [-0.2, 0) is 5.41 Å². The molecule has 0 bridgehead atoms. The van der Waals surface area contributed by atoms with E-state index in [9.17, 15) is 4.79 Å². The lowest BCUT2D eigenvalue weighted by molar-refractivity contribution is 0.0952. The van der Waals surface area contributed by atoms with Crippen molar-refractivity contribution in [3.05, 3.63) is 28.5 Å². The van der Waals surface area contributed by atoms with Gasteiger partial charge >= 0.3 is 0 Å². The number of hydrogen-bond acceptors (Lipinski definition) is 3. The van der Waals surface area contributed by atoms with Crippen molar-refractivity contribution in [1.82, 2.24) is 10.3 Å². The number of nitrogens with one attached hydrogen (secondary N) is 1. The smallest absolute Gasteiger partial charge is 0.251 e. The molecule has 0 saturated carbocycles. The summed E-state index contributed by atoms with van der Waals surface area (Å²) >= 11 is 5.98. The number of aliphatic hydroxyl groups is 1. The number of pyridine rings is 1. The number of rotatable bonds is 6. The average Bonchev–Trinajstić information content (AvgIpc) is 2.36. The van der Waals surface area contributed by atoms with Crippen LogP contribution in [0.3, 0.4) is 0 Å². The van der Waals surface area contributed by atoms with Gasteiger partial charge in [0.1, 0.15) is 5.15 Å². The minimum absolute atomic E-state index is 0.135. The molecular weight excluding hydrogens is 276 g/mol. The lowest BCUT2D eigenvalue weighted by Gasteiger charge is -2.18. The van der Waals surface area contributed by atoms with E-state index in [-0.39, 0.29) is 17.9 Å². The van der Waals surface area contributed by atoms with Crippen molar-refractivity contribution >= 4 is 17.5 Å². The monoisotopic (exact) mass is 298 g/mol. The molecule has 0 aliphatic carbocycles. The summed E-state index contributed by atoms with van der Waals surface area (Å²) in [7, 11) is 0. The van der Waals surface area contributed by atoms with E-state index in [4.69, 9.17) is 16.7 Å². The Morgan fingerprint density at radius 3 is 2.60 bits per heavy atom. The van der Waals surface area contributed by atoms with Crippen LogP contribution in [0.5, 0.6) is 0 Å². The zero-order valence-corrected chi connectivity index (χ0v) is 13.1. The van der Waals surface area contributed by atoms with Gasteiger partial charge in [-0.2, -0.15) is 0 Å². The molecule has 20 heavy (non-hydrogen) atoms. The number of aromatic nitrogens is 1. The van der Waals surface area contributed by atoms with Gasteiger partial charge in [0.05, 0.1) is 0 Å².